The molecule has 0 amide bonds. The van der Waals surface area contributed by atoms with Gasteiger partial charge >= 0.3 is 0 Å². The number of nitrogen functional groups attached to an aromatic ring is 1. The summed E-state index contributed by atoms with van der Waals surface area (Å²) in [4.78, 5) is 23.3. The number of para-hydroxylation sites is 1. The second-order valence-electron chi connectivity index (χ2n) is 11.1. The molecule has 2 aliphatic rings. The predicted octanol–water partition coefficient (Wildman–Crippen LogP) is 5.24. The van der Waals surface area contributed by atoms with Crippen molar-refractivity contribution in [3.05, 3.63) is 125 Å². The standard InChI is InChI=1S/C34H26N8O8S2/c35-26-18-25(43)14-15-27(26)40-37-23-10-6-19(7-11-23)20-8-12-24(13-9-20)39-41-32-28(51(45,46)47)16-21-17-29(52(48,49)50)33(34(44)30(21)31(32)36)42-38-22-4-2-1-3-5-22/h1-18,37-38H,35-36H2,(H,45,46,47)(H,48,49,50). The average molecular weight is 739 g/mol. The Morgan fingerprint density at radius 2 is 1.29 bits per heavy atom. The van der Waals surface area contributed by atoms with E-state index in [0.29, 0.717) is 17.1 Å². The minimum absolute atomic E-state index is 0.218. The van der Waals surface area contributed by atoms with Gasteiger partial charge in [-0.25, -0.2) is 0 Å². The van der Waals surface area contributed by atoms with Crippen LogP contribution in [0.3, 0.4) is 0 Å². The number of nitrogens with one attached hydrogen (secondary N) is 2. The minimum Gasteiger partial charge on any atom is -0.397 e. The molecule has 0 spiro atoms. The predicted molar refractivity (Wildman–Crippen MR) is 196 cm³/mol. The third kappa shape index (κ3) is 7.59. The summed E-state index contributed by atoms with van der Waals surface area (Å²) in [7, 11) is -10.1. The lowest BCUT2D eigenvalue weighted by molar-refractivity contribution is -0.110. The summed E-state index contributed by atoms with van der Waals surface area (Å²) in [5, 5.41) is 16.1. The maximum Gasteiger partial charge on any atom is 0.296 e. The van der Waals surface area contributed by atoms with E-state index in [2.05, 4.69) is 31.3 Å². The van der Waals surface area contributed by atoms with Gasteiger partial charge in [-0.05, 0) is 77.4 Å². The Bertz CT molecular complexity index is 2540. The average Bonchev–Trinajstić information content (AvgIpc) is 3.10. The lowest BCUT2D eigenvalue weighted by Crippen LogP contribution is -2.28. The molecule has 4 aromatic carbocycles. The molecule has 18 heteroatoms. The molecule has 0 bridgehead atoms. The highest BCUT2D eigenvalue weighted by Crippen LogP contribution is 2.41. The normalized spacial score (nSPS) is 16.2. The molecule has 2 aliphatic carbocycles. The number of hydrogen-bond donors (Lipinski definition) is 6. The fraction of sp³-hybridized carbons (Fsp3) is 0. The van der Waals surface area contributed by atoms with Crippen LogP contribution >= 0.6 is 0 Å². The molecule has 0 aromatic heterocycles. The highest BCUT2D eigenvalue weighted by Gasteiger charge is 2.37. The molecule has 0 saturated carbocycles. The molecule has 0 atom stereocenters. The molecular weight excluding hydrogens is 713 g/mol. The first kappa shape index (κ1) is 35.2. The van der Waals surface area contributed by atoms with E-state index in [9.17, 15) is 35.5 Å². The second kappa shape index (κ2) is 14.0. The number of benzene rings is 4. The topological polar surface area (TPSA) is 268 Å². The zero-order chi connectivity index (χ0) is 37.2. The van der Waals surface area contributed by atoms with Crippen LogP contribution in [-0.4, -0.2) is 48.9 Å². The quantitative estimate of drug-likeness (QED) is 0.0423. The molecular formula is C34H26N8O8S2. The van der Waals surface area contributed by atoms with E-state index in [4.69, 9.17) is 11.5 Å². The number of hydrogen-bond acceptors (Lipinski definition) is 14. The third-order valence-electron chi connectivity index (χ3n) is 7.58. The second-order valence-corrected chi connectivity index (χ2v) is 13.9. The minimum atomic E-state index is -5.06. The van der Waals surface area contributed by atoms with Crippen LogP contribution in [0.2, 0.25) is 0 Å². The molecule has 8 N–H and O–H groups in total. The van der Waals surface area contributed by atoms with E-state index in [1.807, 2.05) is 12.1 Å². The number of fused-ring (bicyclic) bond motifs is 1. The molecule has 4 aromatic rings. The van der Waals surface area contributed by atoms with E-state index in [0.717, 1.165) is 23.3 Å². The van der Waals surface area contributed by atoms with E-state index in [-0.39, 0.29) is 28.3 Å². The number of rotatable bonds is 9. The van der Waals surface area contributed by atoms with Crippen molar-refractivity contribution in [2.75, 3.05) is 16.6 Å². The first-order chi connectivity index (χ1) is 24.7. The van der Waals surface area contributed by atoms with E-state index in [1.54, 1.807) is 66.7 Å². The number of nitrogens with zero attached hydrogens (tertiary/aromatic N) is 4. The Morgan fingerprint density at radius 3 is 1.90 bits per heavy atom. The molecule has 52 heavy (non-hydrogen) atoms. The number of allylic oxidation sites excluding steroid dienone is 4. The third-order valence-corrected chi connectivity index (χ3v) is 9.31. The summed E-state index contributed by atoms with van der Waals surface area (Å²) in [5.41, 5.74) is 18.5. The van der Waals surface area contributed by atoms with Crippen molar-refractivity contribution in [2.45, 2.75) is 4.90 Å². The number of anilines is 3. The zero-order valence-electron chi connectivity index (χ0n) is 26.5. The van der Waals surface area contributed by atoms with E-state index < -0.39 is 52.9 Å². The lowest BCUT2D eigenvalue weighted by atomic mass is 9.92. The first-order valence-electron chi connectivity index (χ1n) is 14.9. The highest BCUT2D eigenvalue weighted by molar-refractivity contribution is 7.91. The van der Waals surface area contributed by atoms with Gasteiger partial charge in [-0.15, -0.1) is 5.11 Å². The summed E-state index contributed by atoms with van der Waals surface area (Å²) in [6, 6.07) is 22.8. The summed E-state index contributed by atoms with van der Waals surface area (Å²) >= 11 is 0. The molecule has 0 fully saturated rings. The Labute approximate surface area is 296 Å². The summed E-state index contributed by atoms with van der Waals surface area (Å²) < 4.78 is 69.3. The largest absolute Gasteiger partial charge is 0.397 e. The molecule has 0 radical (unpaired) electrons. The smallest absolute Gasteiger partial charge is 0.296 e. The monoisotopic (exact) mass is 738 g/mol. The molecule has 6 rings (SSSR count). The van der Waals surface area contributed by atoms with Crippen LogP contribution in [0.5, 0.6) is 0 Å². The summed E-state index contributed by atoms with van der Waals surface area (Å²) in [5.74, 6) is -1.30. The summed E-state index contributed by atoms with van der Waals surface area (Å²) in [6.45, 7) is 0. The van der Waals surface area contributed by atoms with Crippen LogP contribution in [0, 0.1) is 0 Å². The van der Waals surface area contributed by atoms with E-state index in [1.165, 1.54) is 18.2 Å². The molecule has 262 valence electrons. The van der Waals surface area contributed by atoms with Crippen molar-refractivity contribution in [3.63, 3.8) is 0 Å². The highest BCUT2D eigenvalue weighted by atomic mass is 32.2. The molecule has 0 saturated heterocycles. The fourth-order valence-electron chi connectivity index (χ4n) is 5.06. The maximum absolute atomic E-state index is 13.6. The van der Waals surface area contributed by atoms with Crippen molar-refractivity contribution in [1.82, 2.24) is 0 Å². The van der Waals surface area contributed by atoms with Crippen LogP contribution in [0.25, 0.3) is 17.2 Å². The number of azo groups is 1. The fourth-order valence-corrected chi connectivity index (χ4v) is 6.39. The van der Waals surface area contributed by atoms with Crippen LogP contribution in [0.4, 0.5) is 28.4 Å². The molecule has 0 heterocycles. The van der Waals surface area contributed by atoms with Crippen LogP contribution in [0.1, 0.15) is 15.9 Å². The molecule has 16 nitrogen and oxygen atoms in total. The van der Waals surface area contributed by atoms with Gasteiger partial charge in [0, 0.05) is 6.08 Å². The van der Waals surface area contributed by atoms with Crippen molar-refractivity contribution < 1.29 is 35.5 Å². The van der Waals surface area contributed by atoms with Gasteiger partial charge in [0.05, 0.1) is 34.0 Å². The number of ketones is 2. The van der Waals surface area contributed by atoms with Gasteiger partial charge in [-0.1, -0.05) is 42.5 Å². The van der Waals surface area contributed by atoms with Gasteiger partial charge in [0.1, 0.15) is 21.2 Å². The van der Waals surface area contributed by atoms with Gasteiger partial charge in [0.2, 0.25) is 5.78 Å². The van der Waals surface area contributed by atoms with Crippen LogP contribution < -0.4 is 22.3 Å². The SMILES string of the molecule is NC1=CC(=O)C=CC1=NNc1ccc(-c2ccc(N=Nc3c(S(=O)(=O)O)cc4c(c3N)C(=O)C(=NNc3ccccc3)C(S(=O)(=O)O)=C4)cc2)cc1. The van der Waals surface area contributed by atoms with Crippen molar-refractivity contribution in [2.24, 2.45) is 26.2 Å². The Morgan fingerprint density at radius 1 is 0.673 bits per heavy atom. The number of carbonyl (C=O) groups excluding carboxylic acids is 2. The van der Waals surface area contributed by atoms with Gasteiger partial charge in [0.15, 0.2) is 11.5 Å². The van der Waals surface area contributed by atoms with E-state index >= 15 is 0 Å². The van der Waals surface area contributed by atoms with Crippen molar-refractivity contribution in [3.8, 4) is 11.1 Å². The Kier molecular flexibility index (Phi) is 9.46. The first-order valence-corrected chi connectivity index (χ1v) is 17.8. The van der Waals surface area contributed by atoms with Gasteiger partial charge in [-0.2, -0.15) is 32.2 Å². The van der Waals surface area contributed by atoms with Gasteiger partial charge in [-0.3, -0.25) is 29.5 Å². The lowest BCUT2D eigenvalue weighted by Gasteiger charge is -2.20. The van der Waals surface area contributed by atoms with Crippen molar-refractivity contribution >= 4 is 77.7 Å². The number of hydrazone groups is 2. The molecule has 0 aliphatic heterocycles. The number of carbonyl (C=O) groups is 2. The van der Waals surface area contributed by atoms with Gasteiger partial charge < -0.3 is 11.5 Å². The van der Waals surface area contributed by atoms with Crippen LogP contribution in [-0.2, 0) is 25.0 Å². The van der Waals surface area contributed by atoms with Crippen LogP contribution in [0.15, 0.2) is 139 Å². The summed E-state index contributed by atoms with van der Waals surface area (Å²) in [6.07, 6.45) is 4.96. The number of nitrogens with two attached hydrogens (primary N) is 2. The Hall–Kier alpha value is -6.60. The zero-order valence-corrected chi connectivity index (χ0v) is 28.1. The van der Waals surface area contributed by atoms with Gasteiger partial charge in [0.25, 0.3) is 20.2 Å². The molecule has 0 unspecified atom stereocenters. The number of Topliss-reactive ketones (excluding diaryl/α,β-unsaturated/α-hetero) is 1. The Balaban J connectivity index is 1.28. The van der Waals surface area contributed by atoms with Crippen molar-refractivity contribution in [1.29, 1.82) is 0 Å². The maximum atomic E-state index is 13.6.